The lowest BCUT2D eigenvalue weighted by atomic mass is 9.99. The summed E-state index contributed by atoms with van der Waals surface area (Å²) in [6.45, 7) is 3.71. The normalized spacial score (nSPS) is 17.4. The Morgan fingerprint density at radius 1 is 1.44 bits per heavy atom. The number of hydrogen-bond donors (Lipinski definition) is 1. The van der Waals surface area contributed by atoms with Gasteiger partial charge in [0.25, 0.3) is 0 Å². The minimum Gasteiger partial charge on any atom is -0.506 e. The summed E-state index contributed by atoms with van der Waals surface area (Å²) in [5.74, 6) is 0.716. The zero-order valence-corrected chi connectivity index (χ0v) is 10.5. The lowest BCUT2D eigenvalue weighted by Crippen LogP contribution is -2.32. The van der Waals surface area contributed by atoms with Crippen LogP contribution in [0.5, 0.6) is 5.75 Å². The lowest BCUT2D eigenvalue weighted by molar-refractivity contribution is 0.150. The molecule has 1 aromatic rings. The van der Waals surface area contributed by atoms with E-state index >= 15 is 0 Å². The summed E-state index contributed by atoms with van der Waals surface area (Å²) < 4.78 is 6.31. The van der Waals surface area contributed by atoms with E-state index < -0.39 is 5.60 Å². The molecule has 0 aliphatic carbocycles. The van der Waals surface area contributed by atoms with E-state index in [0.29, 0.717) is 21.4 Å². The Kier molecular flexibility index (Phi) is 2.43. The fourth-order valence-electron chi connectivity index (χ4n) is 1.60. The Balaban J connectivity index is 2.65. The average Bonchev–Trinajstić information content (AvgIpc) is 2.25. The molecule has 1 N–H and O–H groups in total. The molecule has 0 saturated carbocycles. The fraction of sp³-hybridized carbons (Fsp3) is 0.250. The molecule has 0 saturated heterocycles. The molecule has 0 amide bonds. The highest BCUT2D eigenvalue weighted by Gasteiger charge is 2.33. The molecule has 0 bridgehead atoms. The van der Waals surface area contributed by atoms with Crippen molar-refractivity contribution in [2.24, 2.45) is 0 Å². The van der Waals surface area contributed by atoms with Crippen molar-refractivity contribution >= 4 is 21.7 Å². The Labute approximate surface area is 102 Å². The van der Waals surface area contributed by atoms with Crippen LogP contribution in [0.1, 0.15) is 25.0 Å². The van der Waals surface area contributed by atoms with Crippen LogP contribution < -0.4 is 4.74 Å². The van der Waals surface area contributed by atoms with Crippen LogP contribution in [0, 0.1) is 11.3 Å². The number of aliphatic hydroxyl groups is 1. The number of rotatable bonds is 0. The maximum atomic E-state index is 10.0. The second kappa shape index (κ2) is 3.53. The smallest absolute Gasteiger partial charge is 0.140 e. The summed E-state index contributed by atoms with van der Waals surface area (Å²) in [6.07, 6.45) is 0. The van der Waals surface area contributed by atoms with Crippen LogP contribution in [0.25, 0.3) is 5.76 Å². The number of benzene rings is 1. The molecular weight excluding hydrogens is 270 g/mol. The summed E-state index contributed by atoms with van der Waals surface area (Å²) in [7, 11) is 0. The van der Waals surface area contributed by atoms with E-state index in [-0.39, 0.29) is 5.76 Å². The first-order valence-electron chi connectivity index (χ1n) is 4.78. The van der Waals surface area contributed by atoms with Crippen molar-refractivity contribution in [2.75, 3.05) is 0 Å². The highest BCUT2D eigenvalue weighted by molar-refractivity contribution is 9.12. The predicted molar refractivity (Wildman–Crippen MR) is 64.3 cm³/mol. The van der Waals surface area contributed by atoms with Crippen molar-refractivity contribution in [1.29, 1.82) is 5.26 Å². The highest BCUT2D eigenvalue weighted by Crippen LogP contribution is 2.42. The van der Waals surface area contributed by atoms with E-state index in [1.807, 2.05) is 19.9 Å². The van der Waals surface area contributed by atoms with Gasteiger partial charge < -0.3 is 9.84 Å². The van der Waals surface area contributed by atoms with Crippen LogP contribution in [0.2, 0.25) is 0 Å². The van der Waals surface area contributed by atoms with Crippen molar-refractivity contribution in [2.45, 2.75) is 19.4 Å². The van der Waals surface area contributed by atoms with Gasteiger partial charge in [-0.2, -0.15) is 5.26 Å². The van der Waals surface area contributed by atoms with E-state index in [1.165, 1.54) is 0 Å². The first kappa shape index (κ1) is 11.0. The van der Waals surface area contributed by atoms with Crippen LogP contribution in [0.15, 0.2) is 22.7 Å². The molecule has 0 unspecified atom stereocenters. The molecule has 1 heterocycles. The molecular formula is C12H10BrNO2. The van der Waals surface area contributed by atoms with Crippen LogP contribution in [0.3, 0.4) is 0 Å². The quantitative estimate of drug-likeness (QED) is 0.792. The first-order valence-corrected chi connectivity index (χ1v) is 5.58. The number of fused-ring (bicyclic) bond motifs is 1. The Morgan fingerprint density at radius 3 is 2.75 bits per heavy atom. The average molecular weight is 280 g/mol. The van der Waals surface area contributed by atoms with Crippen molar-refractivity contribution < 1.29 is 9.84 Å². The monoisotopic (exact) mass is 279 g/mol. The van der Waals surface area contributed by atoms with Gasteiger partial charge in [0.2, 0.25) is 0 Å². The van der Waals surface area contributed by atoms with Crippen molar-refractivity contribution in [1.82, 2.24) is 0 Å². The van der Waals surface area contributed by atoms with Gasteiger partial charge in [-0.05, 0) is 48.0 Å². The maximum Gasteiger partial charge on any atom is 0.140 e. The van der Waals surface area contributed by atoms with E-state index in [2.05, 4.69) is 15.9 Å². The number of halogens is 1. The summed E-state index contributed by atoms with van der Waals surface area (Å²) in [4.78, 5) is 0. The molecule has 82 valence electrons. The SMILES string of the molecule is CC1(C)Oc2ccc(C#N)cc2C(O)=C1Br. The zero-order valence-electron chi connectivity index (χ0n) is 8.91. The maximum absolute atomic E-state index is 10.0. The molecule has 0 spiro atoms. The summed E-state index contributed by atoms with van der Waals surface area (Å²) >= 11 is 3.31. The minimum atomic E-state index is -0.592. The zero-order chi connectivity index (χ0) is 11.9. The topological polar surface area (TPSA) is 53.2 Å². The number of hydrogen-bond acceptors (Lipinski definition) is 3. The van der Waals surface area contributed by atoms with Gasteiger partial charge in [-0.25, -0.2) is 0 Å². The van der Waals surface area contributed by atoms with Crippen molar-refractivity contribution in [3.8, 4) is 11.8 Å². The summed E-state index contributed by atoms with van der Waals surface area (Å²) in [5.41, 5.74) is 0.449. The molecule has 1 aliphatic rings. The van der Waals surface area contributed by atoms with E-state index in [4.69, 9.17) is 10.00 Å². The van der Waals surface area contributed by atoms with Gasteiger partial charge in [-0.3, -0.25) is 0 Å². The van der Waals surface area contributed by atoms with E-state index in [0.717, 1.165) is 0 Å². The Bertz CT molecular complexity index is 526. The first-order chi connectivity index (χ1) is 7.45. The number of nitrogens with zero attached hydrogens (tertiary/aromatic N) is 1. The van der Waals surface area contributed by atoms with Gasteiger partial charge >= 0.3 is 0 Å². The van der Waals surface area contributed by atoms with Gasteiger partial charge in [0.15, 0.2) is 0 Å². The molecule has 0 radical (unpaired) electrons. The molecule has 0 atom stereocenters. The van der Waals surface area contributed by atoms with E-state index in [1.54, 1.807) is 18.2 Å². The third-order valence-electron chi connectivity index (χ3n) is 2.47. The molecule has 1 aromatic carbocycles. The Morgan fingerprint density at radius 2 is 2.12 bits per heavy atom. The summed E-state index contributed by atoms with van der Waals surface area (Å²) in [5, 5.41) is 18.8. The third-order valence-corrected chi connectivity index (χ3v) is 3.80. The van der Waals surface area contributed by atoms with Crippen molar-refractivity contribution in [3.05, 3.63) is 33.8 Å². The largest absolute Gasteiger partial charge is 0.506 e. The van der Waals surface area contributed by atoms with Crippen molar-refractivity contribution in [3.63, 3.8) is 0 Å². The van der Waals surface area contributed by atoms with Crippen LogP contribution in [-0.2, 0) is 0 Å². The van der Waals surface area contributed by atoms with Crippen LogP contribution in [0.4, 0.5) is 0 Å². The second-order valence-electron chi connectivity index (χ2n) is 4.10. The van der Waals surface area contributed by atoms with Gasteiger partial charge in [0.1, 0.15) is 17.1 Å². The number of aliphatic hydroxyl groups excluding tert-OH is 1. The molecule has 4 heteroatoms. The van der Waals surface area contributed by atoms with Crippen LogP contribution >= 0.6 is 15.9 Å². The number of ether oxygens (including phenoxy) is 1. The lowest BCUT2D eigenvalue weighted by Gasteiger charge is -2.32. The fourth-order valence-corrected chi connectivity index (χ4v) is 1.89. The molecule has 16 heavy (non-hydrogen) atoms. The Hall–Kier alpha value is -1.47. The second-order valence-corrected chi connectivity index (χ2v) is 4.89. The molecule has 2 rings (SSSR count). The standard InChI is InChI=1S/C12H10BrNO2/c1-12(2)11(13)10(15)8-5-7(6-14)3-4-9(8)16-12/h3-5,15H,1-2H3. The van der Waals surface area contributed by atoms with E-state index in [9.17, 15) is 5.11 Å². The number of nitriles is 1. The van der Waals surface area contributed by atoms with Crippen LogP contribution in [-0.4, -0.2) is 10.7 Å². The van der Waals surface area contributed by atoms with Gasteiger partial charge in [0.05, 0.1) is 21.7 Å². The predicted octanol–water partition coefficient (Wildman–Crippen LogP) is 3.35. The van der Waals surface area contributed by atoms with Gasteiger partial charge in [-0.15, -0.1) is 0 Å². The summed E-state index contributed by atoms with van der Waals surface area (Å²) in [6, 6.07) is 7.01. The highest BCUT2D eigenvalue weighted by atomic mass is 79.9. The minimum absolute atomic E-state index is 0.128. The van der Waals surface area contributed by atoms with Gasteiger partial charge in [-0.1, -0.05) is 0 Å². The third kappa shape index (κ3) is 1.57. The molecule has 0 fully saturated rings. The van der Waals surface area contributed by atoms with Gasteiger partial charge in [0, 0.05) is 0 Å². The molecule has 3 nitrogen and oxygen atoms in total. The molecule has 1 aliphatic heterocycles. The molecule has 0 aromatic heterocycles.